The Bertz CT molecular complexity index is 488. The summed E-state index contributed by atoms with van der Waals surface area (Å²) in [5, 5.41) is 3.55. The molecule has 2 N–H and O–H groups in total. The molecule has 0 aliphatic heterocycles. The monoisotopic (exact) mass is 243 g/mol. The summed E-state index contributed by atoms with van der Waals surface area (Å²) in [6, 6.07) is 6.99. The van der Waals surface area contributed by atoms with E-state index in [1.807, 2.05) is 6.20 Å². The Kier molecular flexibility index (Phi) is 4.15. The van der Waals surface area contributed by atoms with Gasteiger partial charge in [-0.25, -0.2) is 4.98 Å². The molecule has 3 heteroatoms. The Labute approximate surface area is 109 Å². The van der Waals surface area contributed by atoms with Crippen molar-refractivity contribution in [1.29, 1.82) is 0 Å². The molecule has 0 radical (unpaired) electrons. The Morgan fingerprint density at radius 3 is 2.89 bits per heavy atom. The fraction of sp³-hybridized carbons (Fsp3) is 0.400. The number of hydrogen-bond donors (Lipinski definition) is 2. The predicted molar refractivity (Wildman–Crippen MR) is 74.6 cm³/mol. The zero-order chi connectivity index (χ0) is 13.0. The number of nitrogens with zero attached hydrogens (tertiary/aromatic N) is 1. The molecule has 2 rings (SSSR count). The van der Waals surface area contributed by atoms with Crippen LogP contribution in [0.2, 0.25) is 0 Å². The van der Waals surface area contributed by atoms with Crippen molar-refractivity contribution in [3.05, 3.63) is 53.1 Å². The number of nitrogens with one attached hydrogen (secondary N) is 2. The topological polar surface area (TPSA) is 40.7 Å². The van der Waals surface area contributed by atoms with Gasteiger partial charge in [-0.2, -0.15) is 0 Å². The van der Waals surface area contributed by atoms with Gasteiger partial charge < -0.3 is 10.3 Å². The fourth-order valence-corrected chi connectivity index (χ4v) is 2.18. The molecule has 0 saturated heterocycles. The average molecular weight is 243 g/mol. The molecule has 2 aromatic rings. The molecular weight excluding hydrogens is 222 g/mol. The van der Waals surface area contributed by atoms with Gasteiger partial charge in [-0.1, -0.05) is 23.8 Å². The lowest BCUT2D eigenvalue weighted by Crippen LogP contribution is -2.22. The minimum absolute atomic E-state index is 0.375. The summed E-state index contributed by atoms with van der Waals surface area (Å²) in [6.07, 6.45) is 4.59. The van der Waals surface area contributed by atoms with Gasteiger partial charge in [0, 0.05) is 31.4 Å². The second-order valence-corrected chi connectivity index (χ2v) is 4.82. The number of aromatic nitrogens is 2. The second kappa shape index (κ2) is 5.83. The van der Waals surface area contributed by atoms with Crippen molar-refractivity contribution < 1.29 is 0 Å². The molecule has 0 bridgehead atoms. The summed E-state index contributed by atoms with van der Waals surface area (Å²) >= 11 is 0. The molecule has 1 heterocycles. The Hall–Kier alpha value is -1.61. The number of H-pyrrole nitrogens is 1. The van der Waals surface area contributed by atoms with Crippen LogP contribution in [0, 0.1) is 13.8 Å². The van der Waals surface area contributed by atoms with Crippen molar-refractivity contribution in [1.82, 2.24) is 15.3 Å². The van der Waals surface area contributed by atoms with E-state index < -0.39 is 0 Å². The SMILES string of the molecule is Cc1ccc(C)c(C(C)NCCc2ncc[nH]2)c1. The molecule has 0 aliphatic carbocycles. The lowest BCUT2D eigenvalue weighted by atomic mass is 10.00. The maximum absolute atomic E-state index is 4.22. The predicted octanol–water partition coefficient (Wildman–Crippen LogP) is 2.92. The van der Waals surface area contributed by atoms with Crippen LogP contribution in [-0.2, 0) is 6.42 Å². The van der Waals surface area contributed by atoms with Crippen LogP contribution in [0.5, 0.6) is 0 Å². The highest BCUT2D eigenvalue weighted by atomic mass is 14.9. The third kappa shape index (κ3) is 3.20. The van der Waals surface area contributed by atoms with Gasteiger partial charge in [0.1, 0.15) is 5.82 Å². The summed E-state index contributed by atoms with van der Waals surface area (Å²) in [4.78, 5) is 7.34. The smallest absolute Gasteiger partial charge is 0.107 e. The maximum Gasteiger partial charge on any atom is 0.107 e. The molecule has 0 saturated carbocycles. The number of rotatable bonds is 5. The van der Waals surface area contributed by atoms with E-state index in [-0.39, 0.29) is 0 Å². The van der Waals surface area contributed by atoms with Gasteiger partial charge in [-0.05, 0) is 31.9 Å². The van der Waals surface area contributed by atoms with Crippen molar-refractivity contribution in [3.63, 3.8) is 0 Å². The van der Waals surface area contributed by atoms with Crippen molar-refractivity contribution in [2.24, 2.45) is 0 Å². The third-order valence-corrected chi connectivity index (χ3v) is 3.27. The van der Waals surface area contributed by atoms with Gasteiger partial charge in [-0.15, -0.1) is 0 Å². The van der Waals surface area contributed by atoms with E-state index >= 15 is 0 Å². The van der Waals surface area contributed by atoms with E-state index in [2.05, 4.69) is 54.3 Å². The Balaban J connectivity index is 1.91. The zero-order valence-corrected chi connectivity index (χ0v) is 11.3. The quantitative estimate of drug-likeness (QED) is 0.847. The first-order chi connectivity index (χ1) is 8.66. The molecule has 1 aromatic carbocycles. The second-order valence-electron chi connectivity index (χ2n) is 4.82. The van der Waals surface area contributed by atoms with E-state index in [0.717, 1.165) is 18.8 Å². The Morgan fingerprint density at radius 1 is 1.33 bits per heavy atom. The highest BCUT2D eigenvalue weighted by molar-refractivity contribution is 5.32. The number of hydrogen-bond acceptors (Lipinski definition) is 2. The fourth-order valence-electron chi connectivity index (χ4n) is 2.18. The number of imidazole rings is 1. The highest BCUT2D eigenvalue weighted by Gasteiger charge is 2.08. The number of aromatic amines is 1. The van der Waals surface area contributed by atoms with Crippen LogP contribution >= 0.6 is 0 Å². The minimum Gasteiger partial charge on any atom is -0.349 e. The lowest BCUT2D eigenvalue weighted by Gasteiger charge is -2.17. The molecule has 1 aromatic heterocycles. The normalized spacial score (nSPS) is 12.6. The van der Waals surface area contributed by atoms with Crippen LogP contribution in [0.15, 0.2) is 30.6 Å². The van der Waals surface area contributed by atoms with Crippen LogP contribution in [0.1, 0.15) is 35.5 Å². The van der Waals surface area contributed by atoms with E-state index in [0.29, 0.717) is 6.04 Å². The van der Waals surface area contributed by atoms with Gasteiger partial charge in [0.15, 0.2) is 0 Å². The first kappa shape index (κ1) is 12.8. The van der Waals surface area contributed by atoms with Crippen molar-refractivity contribution in [2.45, 2.75) is 33.2 Å². The summed E-state index contributed by atoms with van der Waals surface area (Å²) in [5.74, 6) is 1.04. The summed E-state index contributed by atoms with van der Waals surface area (Å²) < 4.78 is 0. The summed E-state index contributed by atoms with van der Waals surface area (Å²) in [7, 11) is 0. The van der Waals surface area contributed by atoms with Crippen molar-refractivity contribution >= 4 is 0 Å². The highest BCUT2D eigenvalue weighted by Crippen LogP contribution is 2.18. The van der Waals surface area contributed by atoms with E-state index in [1.165, 1.54) is 16.7 Å². The van der Waals surface area contributed by atoms with Gasteiger partial charge >= 0.3 is 0 Å². The average Bonchev–Trinajstić information content (AvgIpc) is 2.85. The first-order valence-electron chi connectivity index (χ1n) is 6.45. The van der Waals surface area contributed by atoms with Crippen LogP contribution in [0.25, 0.3) is 0 Å². The lowest BCUT2D eigenvalue weighted by molar-refractivity contribution is 0.569. The largest absolute Gasteiger partial charge is 0.349 e. The van der Waals surface area contributed by atoms with Crippen molar-refractivity contribution in [3.8, 4) is 0 Å². The zero-order valence-electron chi connectivity index (χ0n) is 11.3. The van der Waals surface area contributed by atoms with Gasteiger partial charge in [0.05, 0.1) is 0 Å². The van der Waals surface area contributed by atoms with E-state index in [9.17, 15) is 0 Å². The van der Waals surface area contributed by atoms with E-state index in [4.69, 9.17) is 0 Å². The van der Waals surface area contributed by atoms with Crippen molar-refractivity contribution in [2.75, 3.05) is 6.54 Å². The molecule has 0 aliphatic rings. The molecule has 1 unspecified atom stereocenters. The summed E-state index contributed by atoms with van der Waals surface area (Å²) in [6.45, 7) is 7.45. The summed E-state index contributed by atoms with van der Waals surface area (Å²) in [5.41, 5.74) is 4.04. The third-order valence-electron chi connectivity index (χ3n) is 3.27. The van der Waals surface area contributed by atoms with Crippen LogP contribution in [-0.4, -0.2) is 16.5 Å². The number of benzene rings is 1. The molecule has 0 fully saturated rings. The van der Waals surface area contributed by atoms with Crippen LogP contribution in [0.4, 0.5) is 0 Å². The molecule has 3 nitrogen and oxygen atoms in total. The first-order valence-corrected chi connectivity index (χ1v) is 6.45. The van der Waals surface area contributed by atoms with Crippen LogP contribution < -0.4 is 5.32 Å². The van der Waals surface area contributed by atoms with Gasteiger partial charge in [0.2, 0.25) is 0 Å². The standard InChI is InChI=1S/C15H21N3/c1-11-4-5-12(2)14(10-11)13(3)16-7-6-15-17-8-9-18-15/h4-5,8-10,13,16H,6-7H2,1-3H3,(H,17,18). The van der Waals surface area contributed by atoms with Gasteiger partial charge in [0.25, 0.3) is 0 Å². The molecule has 18 heavy (non-hydrogen) atoms. The number of aryl methyl sites for hydroxylation is 2. The molecule has 1 atom stereocenters. The molecule has 0 spiro atoms. The van der Waals surface area contributed by atoms with Gasteiger partial charge in [-0.3, -0.25) is 0 Å². The van der Waals surface area contributed by atoms with E-state index in [1.54, 1.807) is 6.20 Å². The Morgan fingerprint density at radius 2 is 2.17 bits per heavy atom. The maximum atomic E-state index is 4.22. The molecule has 0 amide bonds. The van der Waals surface area contributed by atoms with Crippen LogP contribution in [0.3, 0.4) is 0 Å². The molecular formula is C15H21N3. The minimum atomic E-state index is 0.375. The molecule has 96 valence electrons.